The van der Waals surface area contributed by atoms with E-state index in [-0.39, 0.29) is 11.9 Å². The lowest BCUT2D eigenvalue weighted by atomic mass is 10.1. The average Bonchev–Trinajstić information content (AvgIpc) is 2.65. The molecule has 5 nitrogen and oxygen atoms in total. The van der Waals surface area contributed by atoms with Crippen LogP contribution >= 0.6 is 11.6 Å². The Hall–Kier alpha value is -2.40. The van der Waals surface area contributed by atoms with E-state index in [0.29, 0.717) is 27.8 Å². The highest BCUT2D eigenvalue weighted by atomic mass is 35.5. The molecule has 0 N–H and O–H groups in total. The Morgan fingerprint density at radius 2 is 1.48 bits per heavy atom. The van der Waals surface area contributed by atoms with E-state index in [1.807, 2.05) is 31.2 Å². The van der Waals surface area contributed by atoms with Gasteiger partial charge in [0.2, 0.25) is 0 Å². The molecule has 2 rings (SSSR count). The summed E-state index contributed by atoms with van der Waals surface area (Å²) < 4.78 is 15.9. The van der Waals surface area contributed by atoms with Gasteiger partial charge < -0.3 is 19.1 Å². The molecule has 0 aliphatic rings. The summed E-state index contributed by atoms with van der Waals surface area (Å²) in [6, 6.07) is 10.6. The van der Waals surface area contributed by atoms with Crippen LogP contribution in [0, 0.1) is 0 Å². The van der Waals surface area contributed by atoms with Crippen LogP contribution in [0.1, 0.15) is 28.9 Å². The fourth-order valence-electron chi connectivity index (χ4n) is 2.53. The quantitative estimate of drug-likeness (QED) is 0.771. The van der Waals surface area contributed by atoms with Crippen molar-refractivity contribution in [2.24, 2.45) is 0 Å². The van der Waals surface area contributed by atoms with Gasteiger partial charge in [0.15, 0.2) is 11.5 Å². The number of carbonyl (C=O) groups excluding carboxylic acids is 1. The third kappa shape index (κ3) is 3.99. The first kappa shape index (κ1) is 18.9. The van der Waals surface area contributed by atoms with Gasteiger partial charge >= 0.3 is 0 Å². The molecule has 0 saturated carbocycles. The first-order chi connectivity index (χ1) is 11.9. The zero-order valence-corrected chi connectivity index (χ0v) is 15.8. The number of halogens is 1. The standard InChI is InChI=1S/C19H22ClNO4/c1-12(13-6-8-14(20)9-7-13)21(2)19(22)15-10-17(24-4)18(25-5)11-16(15)23-3/h6-12H,1-5H3. The molecule has 0 radical (unpaired) electrons. The average molecular weight is 364 g/mol. The molecule has 1 unspecified atom stereocenters. The molecule has 6 heteroatoms. The van der Waals surface area contributed by atoms with Gasteiger partial charge in [0.25, 0.3) is 5.91 Å². The van der Waals surface area contributed by atoms with Crippen molar-refractivity contribution in [2.45, 2.75) is 13.0 Å². The summed E-state index contributed by atoms with van der Waals surface area (Å²) >= 11 is 5.93. The summed E-state index contributed by atoms with van der Waals surface area (Å²) in [5.74, 6) is 1.22. The van der Waals surface area contributed by atoms with Crippen molar-refractivity contribution in [2.75, 3.05) is 28.4 Å². The molecule has 1 amide bonds. The Kier molecular flexibility index (Phi) is 6.15. The van der Waals surface area contributed by atoms with Crippen LogP contribution < -0.4 is 14.2 Å². The van der Waals surface area contributed by atoms with Gasteiger partial charge in [0, 0.05) is 24.2 Å². The molecule has 25 heavy (non-hydrogen) atoms. The van der Waals surface area contributed by atoms with Crippen molar-refractivity contribution < 1.29 is 19.0 Å². The number of nitrogens with zero attached hydrogens (tertiary/aromatic N) is 1. The highest BCUT2D eigenvalue weighted by molar-refractivity contribution is 6.30. The molecule has 0 bridgehead atoms. The second-order valence-electron chi connectivity index (χ2n) is 5.55. The number of amides is 1. The maximum atomic E-state index is 13.0. The number of rotatable bonds is 6. The largest absolute Gasteiger partial charge is 0.496 e. The molecule has 0 heterocycles. The summed E-state index contributed by atoms with van der Waals surface area (Å²) in [7, 11) is 6.32. The smallest absolute Gasteiger partial charge is 0.258 e. The van der Waals surface area contributed by atoms with Crippen LogP contribution in [0.2, 0.25) is 5.02 Å². The molecule has 2 aromatic carbocycles. The molecule has 2 aromatic rings. The monoisotopic (exact) mass is 363 g/mol. The van der Waals surface area contributed by atoms with Crippen molar-refractivity contribution >= 4 is 17.5 Å². The maximum Gasteiger partial charge on any atom is 0.258 e. The third-order valence-corrected chi connectivity index (χ3v) is 4.44. The second-order valence-corrected chi connectivity index (χ2v) is 5.99. The van der Waals surface area contributed by atoms with Crippen LogP contribution in [0.3, 0.4) is 0 Å². The normalized spacial score (nSPS) is 11.6. The Morgan fingerprint density at radius 1 is 0.960 bits per heavy atom. The molecule has 0 spiro atoms. The van der Waals surface area contributed by atoms with E-state index in [9.17, 15) is 4.79 Å². The van der Waals surface area contributed by atoms with Crippen LogP contribution in [-0.4, -0.2) is 39.2 Å². The van der Waals surface area contributed by atoms with Gasteiger partial charge in [-0.1, -0.05) is 23.7 Å². The molecule has 0 aliphatic heterocycles. The van der Waals surface area contributed by atoms with E-state index in [2.05, 4.69) is 0 Å². The van der Waals surface area contributed by atoms with E-state index in [0.717, 1.165) is 5.56 Å². The van der Waals surface area contributed by atoms with Gasteiger partial charge in [-0.15, -0.1) is 0 Å². The van der Waals surface area contributed by atoms with Crippen molar-refractivity contribution in [3.8, 4) is 17.2 Å². The highest BCUT2D eigenvalue weighted by Gasteiger charge is 2.24. The summed E-state index contributed by atoms with van der Waals surface area (Å²) in [5.41, 5.74) is 1.39. The van der Waals surface area contributed by atoms with Crippen molar-refractivity contribution in [3.05, 3.63) is 52.5 Å². The van der Waals surface area contributed by atoms with Crippen molar-refractivity contribution in [1.29, 1.82) is 0 Å². The lowest BCUT2D eigenvalue weighted by Crippen LogP contribution is -2.30. The second kappa shape index (κ2) is 8.12. The highest BCUT2D eigenvalue weighted by Crippen LogP contribution is 2.36. The van der Waals surface area contributed by atoms with Gasteiger partial charge in [-0.2, -0.15) is 0 Å². The van der Waals surface area contributed by atoms with E-state index >= 15 is 0 Å². The zero-order chi connectivity index (χ0) is 18.6. The third-order valence-electron chi connectivity index (χ3n) is 4.19. The fourth-order valence-corrected chi connectivity index (χ4v) is 2.65. The number of hydrogen-bond acceptors (Lipinski definition) is 4. The minimum Gasteiger partial charge on any atom is -0.496 e. The molecular formula is C19H22ClNO4. The Labute approximate surface area is 153 Å². The van der Waals surface area contributed by atoms with Crippen LogP contribution in [0.5, 0.6) is 17.2 Å². The topological polar surface area (TPSA) is 48.0 Å². The number of methoxy groups -OCH3 is 3. The zero-order valence-electron chi connectivity index (χ0n) is 15.0. The van der Waals surface area contributed by atoms with Gasteiger partial charge in [0.1, 0.15) is 5.75 Å². The molecular weight excluding hydrogens is 342 g/mol. The Morgan fingerprint density at radius 3 is 2.00 bits per heavy atom. The van der Waals surface area contributed by atoms with Crippen LogP contribution in [0.25, 0.3) is 0 Å². The molecule has 1 atom stereocenters. The van der Waals surface area contributed by atoms with E-state index in [4.69, 9.17) is 25.8 Å². The molecule has 0 aliphatic carbocycles. The molecule has 0 aromatic heterocycles. The summed E-state index contributed by atoms with van der Waals surface area (Å²) in [6.45, 7) is 1.95. The van der Waals surface area contributed by atoms with E-state index in [1.165, 1.54) is 21.3 Å². The SMILES string of the molecule is COc1cc(OC)c(C(=O)N(C)C(C)c2ccc(Cl)cc2)cc1OC. The number of benzene rings is 2. The van der Waals surface area contributed by atoms with Gasteiger partial charge in [-0.3, -0.25) is 4.79 Å². The summed E-state index contributed by atoms with van der Waals surface area (Å²) in [4.78, 5) is 14.6. The summed E-state index contributed by atoms with van der Waals surface area (Å²) in [6.07, 6.45) is 0. The predicted octanol–water partition coefficient (Wildman–Crippen LogP) is 4.20. The first-order valence-electron chi connectivity index (χ1n) is 7.75. The number of hydrogen-bond donors (Lipinski definition) is 0. The minimum absolute atomic E-state index is 0.137. The number of ether oxygens (including phenoxy) is 3. The Balaban J connectivity index is 2.36. The minimum atomic E-state index is -0.180. The summed E-state index contributed by atoms with van der Waals surface area (Å²) in [5, 5.41) is 0.659. The molecule has 0 fully saturated rings. The lowest BCUT2D eigenvalue weighted by molar-refractivity contribution is 0.0738. The van der Waals surface area contributed by atoms with Gasteiger partial charge in [-0.25, -0.2) is 0 Å². The first-order valence-corrected chi connectivity index (χ1v) is 8.13. The van der Waals surface area contributed by atoms with Crippen molar-refractivity contribution in [1.82, 2.24) is 4.90 Å². The van der Waals surface area contributed by atoms with Crippen LogP contribution in [0.4, 0.5) is 0 Å². The fraction of sp³-hybridized carbons (Fsp3) is 0.316. The van der Waals surface area contributed by atoms with Crippen LogP contribution in [0.15, 0.2) is 36.4 Å². The van der Waals surface area contributed by atoms with E-state index < -0.39 is 0 Å². The van der Waals surface area contributed by atoms with Gasteiger partial charge in [0.05, 0.1) is 32.9 Å². The van der Waals surface area contributed by atoms with Gasteiger partial charge in [-0.05, 0) is 24.6 Å². The Bertz CT molecular complexity index is 746. The van der Waals surface area contributed by atoms with Crippen LogP contribution in [-0.2, 0) is 0 Å². The maximum absolute atomic E-state index is 13.0. The predicted molar refractivity (Wildman–Crippen MR) is 98.1 cm³/mol. The number of carbonyl (C=O) groups is 1. The van der Waals surface area contributed by atoms with Crippen molar-refractivity contribution in [3.63, 3.8) is 0 Å². The lowest BCUT2D eigenvalue weighted by Gasteiger charge is -2.26. The molecule has 0 saturated heterocycles. The molecule has 134 valence electrons. The van der Waals surface area contributed by atoms with E-state index in [1.54, 1.807) is 24.1 Å².